The minimum atomic E-state index is -0.251. The number of hydrogen-bond acceptors (Lipinski definition) is 2. The fourth-order valence-electron chi connectivity index (χ4n) is 5.91. The van der Waals surface area contributed by atoms with Crippen LogP contribution in [0.25, 0.3) is 0 Å². The van der Waals surface area contributed by atoms with E-state index in [-0.39, 0.29) is 11.7 Å². The van der Waals surface area contributed by atoms with Gasteiger partial charge >= 0.3 is 0 Å². The summed E-state index contributed by atoms with van der Waals surface area (Å²) in [5.41, 5.74) is 5.05. The smallest absolute Gasteiger partial charge is 0.126 e. The van der Waals surface area contributed by atoms with Gasteiger partial charge in [0, 0.05) is 6.42 Å². The fourth-order valence-corrected chi connectivity index (χ4v) is 5.91. The summed E-state index contributed by atoms with van der Waals surface area (Å²) in [4.78, 5) is 0. The molecular weight excluding hydrogens is 428 g/mol. The highest BCUT2D eigenvalue weighted by molar-refractivity contribution is 5.51. The normalized spacial score (nSPS) is 18.3. The second-order valence-electron chi connectivity index (χ2n) is 11.9. The molecule has 2 nitrogen and oxygen atoms in total. The molecule has 0 fully saturated rings. The van der Waals surface area contributed by atoms with Gasteiger partial charge in [0.25, 0.3) is 0 Å². The van der Waals surface area contributed by atoms with Crippen molar-refractivity contribution in [2.45, 2.75) is 175 Å². The van der Waals surface area contributed by atoms with Gasteiger partial charge < -0.3 is 9.84 Å². The molecule has 202 valence electrons. The lowest BCUT2D eigenvalue weighted by Gasteiger charge is -2.39. The van der Waals surface area contributed by atoms with Gasteiger partial charge in [-0.25, -0.2) is 0 Å². The fraction of sp³-hybridized carbons (Fsp3) is 0.818. The van der Waals surface area contributed by atoms with E-state index in [1.54, 1.807) is 0 Å². The molecule has 2 atom stereocenters. The van der Waals surface area contributed by atoms with Crippen LogP contribution in [0.2, 0.25) is 0 Å². The number of aryl methyl sites for hydroxylation is 2. The molecule has 1 aliphatic heterocycles. The van der Waals surface area contributed by atoms with Crippen molar-refractivity contribution < 1.29 is 9.84 Å². The first-order valence-electron chi connectivity index (χ1n) is 15.3. The molecule has 0 radical (unpaired) electrons. The molecular formula is C33H58O2. The third kappa shape index (κ3) is 11.3. The van der Waals surface area contributed by atoms with E-state index >= 15 is 0 Å². The van der Waals surface area contributed by atoms with Gasteiger partial charge in [0.15, 0.2) is 0 Å². The molecule has 2 heteroatoms. The van der Waals surface area contributed by atoms with Crippen LogP contribution in [-0.4, -0.2) is 16.8 Å². The number of benzene rings is 1. The standard InChI is InChI=1S/C33H58O2/c1-6-7-8-9-10-11-12-13-14-15-16-17-18-19-20-21-22-30(34)26-33(5)24-23-31-28(3)25-27(2)29(4)32(31)35-33/h25,30,34H,6-24,26H2,1-5H3. The number of ether oxygens (including phenoxy) is 1. The maximum absolute atomic E-state index is 10.7. The zero-order chi connectivity index (χ0) is 25.5. The Bertz CT molecular complexity index is 710. The predicted molar refractivity (Wildman–Crippen MR) is 153 cm³/mol. The second kappa shape index (κ2) is 16.7. The molecule has 0 aromatic heterocycles. The molecule has 0 spiro atoms. The zero-order valence-corrected chi connectivity index (χ0v) is 24.2. The molecule has 0 saturated carbocycles. The van der Waals surface area contributed by atoms with E-state index in [4.69, 9.17) is 4.74 Å². The summed E-state index contributed by atoms with van der Waals surface area (Å²) in [6, 6.07) is 2.28. The topological polar surface area (TPSA) is 29.5 Å². The van der Waals surface area contributed by atoms with Crippen molar-refractivity contribution in [3.63, 3.8) is 0 Å². The van der Waals surface area contributed by atoms with Crippen molar-refractivity contribution in [2.24, 2.45) is 0 Å². The number of unbranched alkanes of at least 4 members (excludes halogenated alkanes) is 15. The highest BCUT2D eigenvalue weighted by atomic mass is 16.5. The van der Waals surface area contributed by atoms with E-state index < -0.39 is 0 Å². The molecule has 2 unspecified atom stereocenters. The van der Waals surface area contributed by atoms with Gasteiger partial charge in [-0.1, -0.05) is 116 Å². The summed E-state index contributed by atoms with van der Waals surface area (Å²) in [6.07, 6.45) is 25.7. The molecule has 1 N–H and O–H groups in total. The van der Waals surface area contributed by atoms with Gasteiger partial charge in [0.2, 0.25) is 0 Å². The first kappa shape index (κ1) is 30.2. The quantitative estimate of drug-likeness (QED) is 0.197. The summed E-state index contributed by atoms with van der Waals surface area (Å²) in [5, 5.41) is 10.7. The number of fused-ring (bicyclic) bond motifs is 1. The van der Waals surface area contributed by atoms with Crippen LogP contribution in [-0.2, 0) is 6.42 Å². The van der Waals surface area contributed by atoms with Crippen LogP contribution in [0.4, 0.5) is 0 Å². The predicted octanol–water partition coefficient (Wildman–Crippen LogP) is 10.1. The van der Waals surface area contributed by atoms with E-state index in [2.05, 4.69) is 40.7 Å². The summed E-state index contributed by atoms with van der Waals surface area (Å²) < 4.78 is 6.56. The Morgan fingerprint density at radius 2 is 1.26 bits per heavy atom. The van der Waals surface area contributed by atoms with Crippen LogP contribution >= 0.6 is 0 Å². The van der Waals surface area contributed by atoms with Gasteiger partial charge in [0.1, 0.15) is 11.4 Å². The SMILES string of the molecule is CCCCCCCCCCCCCCCCCCC(O)CC1(C)CCc2c(C)cc(C)c(C)c2O1. The summed E-state index contributed by atoms with van der Waals surface area (Å²) >= 11 is 0. The van der Waals surface area contributed by atoms with Crippen LogP contribution in [0, 0.1) is 20.8 Å². The number of rotatable bonds is 19. The minimum absolute atomic E-state index is 0.244. The van der Waals surface area contributed by atoms with Crippen LogP contribution < -0.4 is 4.74 Å². The molecule has 0 aliphatic carbocycles. The zero-order valence-electron chi connectivity index (χ0n) is 24.2. The van der Waals surface area contributed by atoms with E-state index in [1.165, 1.54) is 119 Å². The third-order valence-electron chi connectivity index (χ3n) is 8.43. The number of aliphatic hydroxyl groups excluding tert-OH is 1. The van der Waals surface area contributed by atoms with E-state index in [0.29, 0.717) is 0 Å². The van der Waals surface area contributed by atoms with Gasteiger partial charge in [-0.05, 0) is 69.2 Å². The van der Waals surface area contributed by atoms with Crippen LogP contribution in [0.3, 0.4) is 0 Å². The van der Waals surface area contributed by atoms with Crippen LogP contribution in [0.1, 0.15) is 158 Å². The monoisotopic (exact) mass is 486 g/mol. The molecule has 1 aliphatic rings. The lowest BCUT2D eigenvalue weighted by atomic mass is 9.84. The maximum atomic E-state index is 10.7. The Hall–Kier alpha value is -1.02. The van der Waals surface area contributed by atoms with Crippen molar-refractivity contribution >= 4 is 0 Å². The van der Waals surface area contributed by atoms with Gasteiger partial charge in [-0.15, -0.1) is 0 Å². The Kier molecular flexibility index (Phi) is 14.4. The van der Waals surface area contributed by atoms with E-state index in [9.17, 15) is 5.11 Å². The molecule has 2 rings (SSSR count). The third-order valence-corrected chi connectivity index (χ3v) is 8.43. The average molecular weight is 487 g/mol. The Morgan fingerprint density at radius 1 is 0.771 bits per heavy atom. The Labute approximate surface area is 218 Å². The van der Waals surface area contributed by atoms with Gasteiger partial charge in [0.05, 0.1) is 6.10 Å². The molecule has 35 heavy (non-hydrogen) atoms. The average Bonchev–Trinajstić information content (AvgIpc) is 2.82. The van der Waals surface area contributed by atoms with Crippen molar-refractivity contribution in [1.29, 1.82) is 0 Å². The Balaban J connectivity index is 1.47. The van der Waals surface area contributed by atoms with E-state index in [0.717, 1.165) is 37.9 Å². The van der Waals surface area contributed by atoms with Crippen molar-refractivity contribution in [3.05, 3.63) is 28.3 Å². The van der Waals surface area contributed by atoms with Crippen molar-refractivity contribution in [2.75, 3.05) is 0 Å². The second-order valence-corrected chi connectivity index (χ2v) is 11.9. The highest BCUT2D eigenvalue weighted by Gasteiger charge is 2.35. The molecule has 0 saturated heterocycles. The van der Waals surface area contributed by atoms with Gasteiger partial charge in [-0.3, -0.25) is 0 Å². The summed E-state index contributed by atoms with van der Waals surface area (Å²) in [7, 11) is 0. The summed E-state index contributed by atoms with van der Waals surface area (Å²) in [6.45, 7) is 11.0. The number of hydrogen-bond donors (Lipinski definition) is 1. The summed E-state index contributed by atoms with van der Waals surface area (Å²) in [5.74, 6) is 1.09. The number of aliphatic hydroxyl groups is 1. The molecule has 0 amide bonds. The first-order valence-corrected chi connectivity index (χ1v) is 15.3. The van der Waals surface area contributed by atoms with Crippen LogP contribution in [0.15, 0.2) is 6.07 Å². The van der Waals surface area contributed by atoms with Gasteiger partial charge in [-0.2, -0.15) is 0 Å². The molecule has 1 heterocycles. The molecule has 1 aromatic rings. The molecule has 1 aromatic carbocycles. The first-order chi connectivity index (χ1) is 16.9. The van der Waals surface area contributed by atoms with Crippen molar-refractivity contribution in [1.82, 2.24) is 0 Å². The minimum Gasteiger partial charge on any atom is -0.487 e. The Morgan fingerprint density at radius 3 is 1.77 bits per heavy atom. The van der Waals surface area contributed by atoms with E-state index in [1.807, 2.05) is 0 Å². The largest absolute Gasteiger partial charge is 0.487 e. The van der Waals surface area contributed by atoms with Crippen LogP contribution in [0.5, 0.6) is 5.75 Å². The van der Waals surface area contributed by atoms with Crippen molar-refractivity contribution in [3.8, 4) is 5.75 Å². The maximum Gasteiger partial charge on any atom is 0.126 e. The highest BCUT2D eigenvalue weighted by Crippen LogP contribution is 2.41. The molecule has 0 bridgehead atoms. The lowest BCUT2D eigenvalue weighted by molar-refractivity contribution is 0.00544. The lowest BCUT2D eigenvalue weighted by Crippen LogP contribution is -2.40.